The number of fused-ring (bicyclic) bond motifs is 3. The van der Waals surface area contributed by atoms with Gasteiger partial charge in [0.25, 0.3) is 0 Å². The van der Waals surface area contributed by atoms with E-state index in [1.807, 2.05) is 60.7 Å². The lowest BCUT2D eigenvalue weighted by molar-refractivity contribution is 0.0990. The Bertz CT molecular complexity index is 1900. The van der Waals surface area contributed by atoms with Crippen molar-refractivity contribution in [2.75, 3.05) is 0 Å². The van der Waals surface area contributed by atoms with Gasteiger partial charge in [-0.2, -0.15) is 0 Å². The predicted molar refractivity (Wildman–Crippen MR) is 154 cm³/mol. The van der Waals surface area contributed by atoms with E-state index in [9.17, 15) is 9.59 Å². The second kappa shape index (κ2) is 8.47. The molecule has 38 heavy (non-hydrogen) atoms. The molecule has 0 atom stereocenters. The summed E-state index contributed by atoms with van der Waals surface area (Å²) < 4.78 is 2.09. The molecule has 1 aliphatic rings. The Morgan fingerprint density at radius 3 is 1.97 bits per heavy atom. The molecule has 7 rings (SSSR count). The topological polar surface area (TPSA) is 52.0 Å². The van der Waals surface area contributed by atoms with Crippen LogP contribution in [0.1, 0.15) is 37.7 Å². The zero-order chi connectivity index (χ0) is 26.0. The molecule has 0 spiro atoms. The maximum atomic E-state index is 13.5. The van der Waals surface area contributed by atoms with Crippen LogP contribution in [0.2, 0.25) is 0 Å². The highest BCUT2D eigenvalue weighted by atomic mass is 32.1. The summed E-state index contributed by atoms with van der Waals surface area (Å²) in [6, 6.07) is 30.0. The summed E-state index contributed by atoms with van der Waals surface area (Å²) in [5.41, 5.74) is 6.36. The third-order valence-electron chi connectivity index (χ3n) is 7.24. The van der Waals surface area contributed by atoms with E-state index in [1.54, 1.807) is 17.4 Å². The largest absolute Gasteiger partial charge is 0.291 e. The van der Waals surface area contributed by atoms with Crippen LogP contribution in [0.15, 0.2) is 96.6 Å². The van der Waals surface area contributed by atoms with E-state index in [4.69, 9.17) is 4.98 Å². The summed E-state index contributed by atoms with van der Waals surface area (Å²) in [5, 5.41) is 1.89. The number of rotatable bonds is 3. The van der Waals surface area contributed by atoms with Gasteiger partial charge in [0.05, 0.1) is 16.8 Å². The number of carbonyl (C=O) groups excluding carboxylic acids is 2. The molecular formula is C33H22N2O2S. The SMILES string of the molecule is Cc1cccc(C)c1-n1c(C=C2C(=O)c3cc4ccccc4cc3C2=O)nc2sc(-c3ccccc3)cc21. The minimum Gasteiger partial charge on any atom is -0.291 e. The van der Waals surface area contributed by atoms with Gasteiger partial charge < -0.3 is 0 Å². The van der Waals surface area contributed by atoms with Crippen molar-refractivity contribution in [3.63, 3.8) is 0 Å². The highest BCUT2D eigenvalue weighted by Gasteiger charge is 2.34. The van der Waals surface area contributed by atoms with Crippen LogP contribution >= 0.6 is 11.3 Å². The first-order chi connectivity index (χ1) is 18.5. The first kappa shape index (κ1) is 22.6. The zero-order valence-corrected chi connectivity index (χ0v) is 21.7. The first-order valence-electron chi connectivity index (χ1n) is 12.5. The highest BCUT2D eigenvalue weighted by molar-refractivity contribution is 7.21. The van der Waals surface area contributed by atoms with E-state index < -0.39 is 0 Å². The number of ketones is 2. The Morgan fingerprint density at radius 1 is 0.737 bits per heavy atom. The summed E-state index contributed by atoms with van der Waals surface area (Å²) in [7, 11) is 0. The van der Waals surface area contributed by atoms with Crippen molar-refractivity contribution < 1.29 is 9.59 Å². The van der Waals surface area contributed by atoms with E-state index in [0.717, 1.165) is 48.4 Å². The average Bonchev–Trinajstić information content (AvgIpc) is 3.55. The maximum Gasteiger partial charge on any atom is 0.197 e. The minimum atomic E-state index is -0.250. The smallest absolute Gasteiger partial charge is 0.197 e. The van der Waals surface area contributed by atoms with Crippen LogP contribution in [0.25, 0.3) is 43.3 Å². The molecular weight excluding hydrogens is 488 g/mol. The number of nitrogens with zero attached hydrogens (tertiary/aromatic N) is 2. The lowest BCUT2D eigenvalue weighted by Gasteiger charge is -2.13. The summed E-state index contributed by atoms with van der Waals surface area (Å²) in [5.74, 6) is 0.0811. The molecule has 182 valence electrons. The van der Waals surface area contributed by atoms with E-state index in [-0.39, 0.29) is 17.1 Å². The second-order valence-electron chi connectivity index (χ2n) is 9.67. The summed E-state index contributed by atoms with van der Waals surface area (Å²) >= 11 is 1.61. The third kappa shape index (κ3) is 3.40. The molecule has 2 heterocycles. The quantitative estimate of drug-likeness (QED) is 0.179. The first-order valence-corrected chi connectivity index (χ1v) is 13.3. The fraction of sp³-hybridized carbons (Fsp3) is 0.0606. The van der Waals surface area contributed by atoms with Gasteiger partial charge in [-0.1, -0.05) is 72.8 Å². The van der Waals surface area contributed by atoms with Crippen LogP contribution in [0.3, 0.4) is 0 Å². The van der Waals surface area contributed by atoms with Crippen molar-refractivity contribution in [1.82, 2.24) is 9.55 Å². The van der Waals surface area contributed by atoms with Crippen molar-refractivity contribution >= 4 is 50.1 Å². The molecule has 1 aliphatic carbocycles. The number of Topliss-reactive ketones (excluding diaryl/α,β-unsaturated/α-hetero) is 2. The molecule has 4 nitrogen and oxygen atoms in total. The van der Waals surface area contributed by atoms with Crippen molar-refractivity contribution in [2.45, 2.75) is 13.8 Å². The molecule has 2 aromatic heterocycles. The Morgan fingerprint density at radius 2 is 1.34 bits per heavy atom. The lowest BCUT2D eigenvalue weighted by atomic mass is 10.0. The van der Waals surface area contributed by atoms with Gasteiger partial charge in [0.2, 0.25) is 0 Å². The zero-order valence-electron chi connectivity index (χ0n) is 20.9. The standard InChI is InChI=1S/C33H22N2O2S/c1-19-9-8-10-20(2)30(19)35-27-18-28(21-11-4-3-5-12-21)38-33(27)34-29(35)17-26-31(36)24-15-22-13-6-7-14-23(22)16-25(24)32(26)37/h3-18H,1-2H3. The third-order valence-corrected chi connectivity index (χ3v) is 8.31. The van der Waals surface area contributed by atoms with E-state index in [0.29, 0.717) is 17.0 Å². The number of hydrogen-bond donors (Lipinski definition) is 0. The normalized spacial score (nSPS) is 13.1. The fourth-order valence-electron chi connectivity index (χ4n) is 5.39. The molecule has 0 saturated carbocycles. The Hall–Kier alpha value is -4.61. The number of para-hydroxylation sites is 1. The van der Waals surface area contributed by atoms with E-state index >= 15 is 0 Å². The maximum absolute atomic E-state index is 13.5. The molecule has 0 fully saturated rings. The molecule has 0 saturated heterocycles. The van der Waals surface area contributed by atoms with Gasteiger partial charge in [-0.15, -0.1) is 11.3 Å². The average molecular weight is 511 g/mol. The summed E-state index contributed by atoms with van der Waals surface area (Å²) in [6.07, 6.45) is 1.68. The van der Waals surface area contributed by atoms with Crippen molar-refractivity contribution in [3.8, 4) is 16.1 Å². The monoisotopic (exact) mass is 510 g/mol. The van der Waals surface area contributed by atoms with E-state index in [2.05, 4.69) is 48.7 Å². The highest BCUT2D eigenvalue weighted by Crippen LogP contribution is 2.38. The van der Waals surface area contributed by atoms with Crippen LogP contribution < -0.4 is 0 Å². The number of allylic oxidation sites excluding steroid dienone is 1. The van der Waals surface area contributed by atoms with Gasteiger partial charge in [-0.05, 0) is 65.6 Å². The predicted octanol–water partition coefficient (Wildman–Crippen LogP) is 7.99. The molecule has 0 amide bonds. The summed E-state index contributed by atoms with van der Waals surface area (Å²) in [6.45, 7) is 4.14. The van der Waals surface area contributed by atoms with Gasteiger partial charge in [0.1, 0.15) is 10.7 Å². The number of aryl methyl sites for hydroxylation is 2. The van der Waals surface area contributed by atoms with Gasteiger partial charge in [0, 0.05) is 16.0 Å². The number of carbonyl (C=O) groups is 2. The molecule has 0 unspecified atom stereocenters. The molecule has 5 heteroatoms. The van der Waals surface area contributed by atoms with Gasteiger partial charge in [0.15, 0.2) is 11.6 Å². The number of thiophene rings is 1. The number of hydrogen-bond acceptors (Lipinski definition) is 4. The van der Waals surface area contributed by atoms with Crippen LogP contribution in [0.4, 0.5) is 0 Å². The van der Waals surface area contributed by atoms with Gasteiger partial charge >= 0.3 is 0 Å². The van der Waals surface area contributed by atoms with Crippen LogP contribution in [0, 0.1) is 13.8 Å². The minimum absolute atomic E-state index is 0.156. The Labute approximate surface area is 223 Å². The number of imidazole rings is 1. The molecule has 0 bridgehead atoms. The van der Waals surface area contributed by atoms with Crippen LogP contribution in [0.5, 0.6) is 0 Å². The van der Waals surface area contributed by atoms with E-state index in [1.165, 1.54) is 0 Å². The molecule has 0 N–H and O–H groups in total. The molecule has 4 aromatic carbocycles. The molecule has 0 aliphatic heterocycles. The second-order valence-corrected chi connectivity index (χ2v) is 10.7. The summed E-state index contributed by atoms with van der Waals surface area (Å²) in [4.78, 5) is 34.0. The van der Waals surface area contributed by atoms with Crippen LogP contribution in [-0.4, -0.2) is 21.1 Å². The molecule has 6 aromatic rings. The Kier molecular flexibility index (Phi) is 5.03. The van der Waals surface area contributed by atoms with Gasteiger partial charge in [-0.25, -0.2) is 4.98 Å². The lowest BCUT2D eigenvalue weighted by Crippen LogP contribution is -2.05. The van der Waals surface area contributed by atoms with Crippen molar-refractivity contribution in [1.29, 1.82) is 0 Å². The fourth-order valence-corrected chi connectivity index (χ4v) is 6.42. The molecule has 0 radical (unpaired) electrons. The van der Waals surface area contributed by atoms with Gasteiger partial charge in [-0.3, -0.25) is 14.2 Å². The van der Waals surface area contributed by atoms with Crippen molar-refractivity contribution in [2.24, 2.45) is 0 Å². The van der Waals surface area contributed by atoms with Crippen LogP contribution in [-0.2, 0) is 0 Å². The van der Waals surface area contributed by atoms with Crippen molar-refractivity contribution in [3.05, 3.63) is 125 Å². The number of benzene rings is 4. The Balaban J connectivity index is 1.44. The number of aromatic nitrogens is 2.